The van der Waals surface area contributed by atoms with Crippen molar-refractivity contribution in [2.24, 2.45) is 28.6 Å². The molecule has 2 heterocycles. The van der Waals surface area contributed by atoms with Crippen molar-refractivity contribution in [3.05, 3.63) is 0 Å². The lowest BCUT2D eigenvalue weighted by molar-refractivity contribution is -0.138. The van der Waals surface area contributed by atoms with Crippen LogP contribution in [0.4, 0.5) is 0 Å². The van der Waals surface area contributed by atoms with Gasteiger partial charge in [-0.15, -0.1) is 0 Å². The number of carbonyl (C=O) groups excluding carboxylic acids is 1. The zero-order chi connectivity index (χ0) is 19.3. The number of ether oxygens (including phenoxy) is 1. The third-order valence-corrected chi connectivity index (χ3v) is 10.7. The smallest absolute Gasteiger partial charge is 0.156 e. The van der Waals surface area contributed by atoms with E-state index < -0.39 is 0 Å². The summed E-state index contributed by atoms with van der Waals surface area (Å²) < 4.78 is 6.53. The van der Waals surface area contributed by atoms with E-state index in [-0.39, 0.29) is 17.1 Å². The number of piperazine rings is 1. The van der Waals surface area contributed by atoms with E-state index in [1.54, 1.807) is 0 Å². The Hall–Kier alpha value is -0.450. The molecule has 0 aromatic heterocycles. The normalized spacial score (nSPS) is 56.5. The molecule has 0 N–H and O–H groups in total. The lowest BCUT2D eigenvalue weighted by Crippen LogP contribution is -2.57. The minimum atomic E-state index is -0.0743. The van der Waals surface area contributed by atoms with Crippen molar-refractivity contribution in [2.45, 2.75) is 83.0 Å². The maximum absolute atomic E-state index is 13.7. The number of carbonyl (C=O) groups is 1. The lowest BCUT2D eigenvalue weighted by atomic mass is 9.45. The van der Waals surface area contributed by atoms with E-state index in [0.717, 1.165) is 44.9 Å². The number of hydrogen-bond acceptors (Lipinski definition) is 4. The van der Waals surface area contributed by atoms with Gasteiger partial charge in [-0.05, 0) is 63.3 Å². The highest BCUT2D eigenvalue weighted by molar-refractivity contribution is 5.92. The molecular weight excluding hydrogens is 348 g/mol. The SMILES string of the molecule is CN1CCN([C@H]2C[C@H]3[C@@H]4C[C@@H]5O[C@@]56CCCC[C@]6(C)[C@H]4CC[C@]3(C)C2=O)CC1. The van der Waals surface area contributed by atoms with Crippen LogP contribution < -0.4 is 0 Å². The van der Waals surface area contributed by atoms with Crippen molar-refractivity contribution in [3.8, 4) is 0 Å². The van der Waals surface area contributed by atoms with Gasteiger partial charge >= 0.3 is 0 Å². The van der Waals surface area contributed by atoms with Crippen LogP contribution in [-0.4, -0.2) is 66.6 Å². The molecule has 4 saturated carbocycles. The molecule has 2 saturated heterocycles. The number of ketones is 1. The molecule has 0 radical (unpaired) electrons. The summed E-state index contributed by atoms with van der Waals surface area (Å²) in [5.41, 5.74) is 0.518. The lowest BCUT2D eigenvalue weighted by Gasteiger charge is -2.57. The van der Waals surface area contributed by atoms with Crippen LogP contribution in [0.2, 0.25) is 0 Å². The van der Waals surface area contributed by atoms with Gasteiger partial charge in [0.25, 0.3) is 0 Å². The molecule has 156 valence electrons. The van der Waals surface area contributed by atoms with Crippen molar-refractivity contribution in [1.82, 2.24) is 9.80 Å². The van der Waals surface area contributed by atoms with Gasteiger partial charge in [-0.1, -0.05) is 26.7 Å². The van der Waals surface area contributed by atoms with Crippen molar-refractivity contribution >= 4 is 5.78 Å². The summed E-state index contributed by atoms with van der Waals surface area (Å²) >= 11 is 0. The largest absolute Gasteiger partial charge is 0.365 e. The molecule has 6 rings (SSSR count). The number of fused-ring (bicyclic) bond motifs is 4. The second-order valence-electron chi connectivity index (χ2n) is 11.6. The molecule has 8 atom stereocenters. The number of Topliss-reactive ketones (excluding diaryl/α,β-unsaturated/α-hetero) is 1. The van der Waals surface area contributed by atoms with Crippen molar-refractivity contribution in [2.75, 3.05) is 33.2 Å². The Bertz CT molecular complexity index is 688. The molecule has 4 heteroatoms. The second kappa shape index (κ2) is 5.82. The van der Waals surface area contributed by atoms with Gasteiger partial charge in [-0.3, -0.25) is 9.69 Å². The highest BCUT2D eigenvalue weighted by Crippen LogP contribution is 2.73. The van der Waals surface area contributed by atoms with Crippen LogP contribution in [0, 0.1) is 28.6 Å². The molecule has 2 aliphatic heterocycles. The molecule has 6 fully saturated rings. The summed E-state index contributed by atoms with van der Waals surface area (Å²) in [5, 5.41) is 0. The van der Waals surface area contributed by atoms with E-state index in [0.29, 0.717) is 29.1 Å². The molecule has 4 aliphatic carbocycles. The first-order valence-corrected chi connectivity index (χ1v) is 12.0. The minimum Gasteiger partial charge on any atom is -0.365 e. The van der Waals surface area contributed by atoms with E-state index in [1.165, 1.54) is 38.5 Å². The number of epoxide rings is 1. The Balaban J connectivity index is 1.29. The van der Waals surface area contributed by atoms with Gasteiger partial charge in [0.1, 0.15) is 5.60 Å². The third-order valence-electron chi connectivity index (χ3n) is 10.7. The zero-order valence-electron chi connectivity index (χ0n) is 18.1. The quantitative estimate of drug-likeness (QED) is 0.648. The average Bonchev–Trinajstić information content (AvgIpc) is 3.32. The van der Waals surface area contributed by atoms with Crippen molar-refractivity contribution in [3.63, 3.8) is 0 Å². The van der Waals surface area contributed by atoms with Gasteiger partial charge in [0, 0.05) is 37.0 Å². The third kappa shape index (κ3) is 2.15. The molecule has 4 nitrogen and oxygen atoms in total. The van der Waals surface area contributed by atoms with Crippen LogP contribution in [0.1, 0.15) is 65.2 Å². The van der Waals surface area contributed by atoms with Crippen LogP contribution in [0.15, 0.2) is 0 Å². The number of rotatable bonds is 1. The number of hydrogen-bond donors (Lipinski definition) is 0. The van der Waals surface area contributed by atoms with Crippen LogP contribution in [0.5, 0.6) is 0 Å². The summed E-state index contributed by atoms with van der Waals surface area (Å²) in [6.45, 7) is 9.25. The second-order valence-corrected chi connectivity index (χ2v) is 11.6. The van der Waals surface area contributed by atoms with Gasteiger partial charge in [0.05, 0.1) is 12.1 Å². The van der Waals surface area contributed by atoms with Gasteiger partial charge < -0.3 is 9.64 Å². The molecule has 6 aliphatic rings. The number of likely N-dealkylation sites (N-methyl/N-ethyl adjacent to an activating group) is 1. The van der Waals surface area contributed by atoms with E-state index in [9.17, 15) is 4.79 Å². The summed E-state index contributed by atoms with van der Waals surface area (Å²) in [6, 6.07) is 0.188. The fourth-order valence-electron chi connectivity index (χ4n) is 8.95. The molecular formula is C24H38N2O2. The maximum Gasteiger partial charge on any atom is 0.156 e. The minimum absolute atomic E-state index is 0.0743. The van der Waals surface area contributed by atoms with Crippen LogP contribution in [0.25, 0.3) is 0 Å². The Kier molecular flexibility index (Phi) is 3.81. The summed E-state index contributed by atoms with van der Waals surface area (Å²) in [5.74, 6) is 2.67. The van der Waals surface area contributed by atoms with E-state index >= 15 is 0 Å². The molecule has 1 spiro atoms. The topological polar surface area (TPSA) is 36.1 Å². The summed E-state index contributed by atoms with van der Waals surface area (Å²) in [7, 11) is 2.20. The average molecular weight is 387 g/mol. The van der Waals surface area contributed by atoms with Crippen LogP contribution in [0.3, 0.4) is 0 Å². The highest BCUT2D eigenvalue weighted by atomic mass is 16.6. The standard InChI is InChI=1S/C24H38N2O2/c1-22-9-6-17-16(14-20-24(28-20)8-5-4-7-23(17,24)2)18(22)15-19(21(22)27)26-12-10-25(3)11-13-26/h16-20H,4-15H2,1-3H3/t16-,17+,18+,19+,20+,22+,23-,24+/m1/s1. The van der Waals surface area contributed by atoms with E-state index in [1.807, 2.05) is 0 Å². The first-order valence-electron chi connectivity index (χ1n) is 12.0. The maximum atomic E-state index is 13.7. The van der Waals surface area contributed by atoms with Crippen LogP contribution in [-0.2, 0) is 9.53 Å². The summed E-state index contributed by atoms with van der Waals surface area (Å²) in [4.78, 5) is 18.6. The molecule has 28 heavy (non-hydrogen) atoms. The first kappa shape index (κ1) is 18.3. The Labute approximate surface area is 170 Å². The number of nitrogens with zero attached hydrogens (tertiary/aromatic N) is 2. The highest BCUT2D eigenvalue weighted by Gasteiger charge is 2.75. The monoisotopic (exact) mass is 386 g/mol. The zero-order valence-corrected chi connectivity index (χ0v) is 18.1. The first-order chi connectivity index (χ1) is 13.4. The fraction of sp³-hybridized carbons (Fsp3) is 0.958. The van der Waals surface area contributed by atoms with Gasteiger partial charge in [0.2, 0.25) is 0 Å². The van der Waals surface area contributed by atoms with Crippen LogP contribution >= 0.6 is 0 Å². The van der Waals surface area contributed by atoms with Crippen molar-refractivity contribution < 1.29 is 9.53 Å². The van der Waals surface area contributed by atoms with E-state index in [2.05, 4.69) is 30.7 Å². The molecule has 0 amide bonds. The Morgan fingerprint density at radius 3 is 2.50 bits per heavy atom. The molecule has 0 bridgehead atoms. The Morgan fingerprint density at radius 1 is 0.964 bits per heavy atom. The Morgan fingerprint density at radius 2 is 1.71 bits per heavy atom. The van der Waals surface area contributed by atoms with Gasteiger partial charge in [-0.25, -0.2) is 0 Å². The van der Waals surface area contributed by atoms with Gasteiger partial charge in [-0.2, -0.15) is 0 Å². The van der Waals surface area contributed by atoms with Crippen molar-refractivity contribution in [1.29, 1.82) is 0 Å². The predicted octanol–water partition coefficient (Wildman–Crippen LogP) is 3.35. The fourth-order valence-corrected chi connectivity index (χ4v) is 8.95. The van der Waals surface area contributed by atoms with E-state index in [4.69, 9.17) is 4.74 Å². The van der Waals surface area contributed by atoms with Gasteiger partial charge in [0.15, 0.2) is 5.78 Å². The summed E-state index contributed by atoms with van der Waals surface area (Å²) in [6.07, 6.45) is 10.6. The molecule has 0 aromatic carbocycles. The molecule has 0 aromatic rings. The predicted molar refractivity (Wildman–Crippen MR) is 109 cm³/mol. The molecule has 0 unspecified atom stereocenters.